The molecule has 0 bridgehead atoms. The molecular weight excluding hydrogens is 204 g/mol. The SMILES string of the molecule is CCCN1CCN(C(C)C(=O)COC)CC1. The van der Waals surface area contributed by atoms with E-state index in [4.69, 9.17) is 4.74 Å². The Kier molecular flexibility index (Phi) is 5.95. The lowest BCUT2D eigenvalue weighted by Crippen LogP contribution is -2.52. The normalized spacial score (nSPS) is 20.9. The monoisotopic (exact) mass is 228 g/mol. The minimum Gasteiger partial charge on any atom is -0.377 e. The fourth-order valence-corrected chi connectivity index (χ4v) is 2.16. The first-order valence-corrected chi connectivity index (χ1v) is 6.17. The van der Waals surface area contributed by atoms with Gasteiger partial charge in [0, 0.05) is 33.3 Å². The molecule has 1 heterocycles. The van der Waals surface area contributed by atoms with Crippen LogP contribution in [0.3, 0.4) is 0 Å². The summed E-state index contributed by atoms with van der Waals surface area (Å²) in [6.07, 6.45) is 1.21. The summed E-state index contributed by atoms with van der Waals surface area (Å²) < 4.78 is 4.89. The minimum absolute atomic E-state index is 0.00345. The molecule has 0 saturated carbocycles. The van der Waals surface area contributed by atoms with E-state index in [-0.39, 0.29) is 18.4 Å². The Labute approximate surface area is 98.5 Å². The molecule has 0 radical (unpaired) electrons. The molecule has 94 valence electrons. The van der Waals surface area contributed by atoms with Crippen LogP contribution in [0.5, 0.6) is 0 Å². The van der Waals surface area contributed by atoms with Crippen LogP contribution in [0.2, 0.25) is 0 Å². The molecule has 1 aliphatic rings. The predicted octanol–water partition coefficient (Wildman–Crippen LogP) is 0.618. The fourth-order valence-electron chi connectivity index (χ4n) is 2.16. The number of carbonyl (C=O) groups excluding carboxylic acids is 1. The molecule has 1 aliphatic heterocycles. The molecule has 0 N–H and O–H groups in total. The van der Waals surface area contributed by atoms with Gasteiger partial charge in [0.1, 0.15) is 6.61 Å². The maximum Gasteiger partial charge on any atom is 0.175 e. The highest BCUT2D eigenvalue weighted by Gasteiger charge is 2.24. The number of hydrogen-bond donors (Lipinski definition) is 0. The van der Waals surface area contributed by atoms with Crippen molar-refractivity contribution in [1.29, 1.82) is 0 Å². The second-order valence-electron chi connectivity index (χ2n) is 4.45. The van der Waals surface area contributed by atoms with Crippen molar-refractivity contribution in [3.63, 3.8) is 0 Å². The fraction of sp³-hybridized carbons (Fsp3) is 0.917. The van der Waals surface area contributed by atoms with Gasteiger partial charge in [0.2, 0.25) is 0 Å². The summed E-state index contributed by atoms with van der Waals surface area (Å²) in [6.45, 7) is 9.75. The van der Waals surface area contributed by atoms with Crippen molar-refractivity contribution in [2.24, 2.45) is 0 Å². The number of Topliss-reactive ketones (excluding diaryl/α,β-unsaturated/α-hetero) is 1. The first-order chi connectivity index (χ1) is 7.69. The molecule has 1 fully saturated rings. The average Bonchev–Trinajstić information content (AvgIpc) is 2.30. The Morgan fingerprint density at radius 3 is 2.44 bits per heavy atom. The summed E-state index contributed by atoms with van der Waals surface area (Å²) in [5.41, 5.74) is 0. The Morgan fingerprint density at radius 1 is 1.31 bits per heavy atom. The topological polar surface area (TPSA) is 32.8 Å². The summed E-state index contributed by atoms with van der Waals surface area (Å²) >= 11 is 0. The van der Waals surface area contributed by atoms with Crippen LogP contribution in [0.25, 0.3) is 0 Å². The van der Waals surface area contributed by atoms with Gasteiger partial charge in [-0.1, -0.05) is 6.92 Å². The molecule has 0 aromatic carbocycles. The van der Waals surface area contributed by atoms with Gasteiger partial charge < -0.3 is 9.64 Å². The van der Waals surface area contributed by atoms with Gasteiger partial charge in [-0.05, 0) is 19.9 Å². The molecule has 1 atom stereocenters. The van der Waals surface area contributed by atoms with E-state index in [1.54, 1.807) is 7.11 Å². The van der Waals surface area contributed by atoms with Crippen LogP contribution < -0.4 is 0 Å². The number of methoxy groups -OCH3 is 1. The number of piperazine rings is 1. The standard InChI is InChI=1S/C12H24N2O2/c1-4-5-13-6-8-14(9-7-13)11(2)12(15)10-16-3/h11H,4-10H2,1-3H3. The van der Waals surface area contributed by atoms with E-state index in [0.29, 0.717) is 0 Å². The molecule has 16 heavy (non-hydrogen) atoms. The zero-order valence-electron chi connectivity index (χ0n) is 10.7. The van der Waals surface area contributed by atoms with Gasteiger partial charge in [0.15, 0.2) is 5.78 Å². The molecule has 0 aromatic rings. The smallest absolute Gasteiger partial charge is 0.175 e. The van der Waals surface area contributed by atoms with Crippen molar-refractivity contribution in [3.8, 4) is 0 Å². The molecular formula is C12H24N2O2. The van der Waals surface area contributed by atoms with Crippen molar-refractivity contribution in [3.05, 3.63) is 0 Å². The van der Waals surface area contributed by atoms with Gasteiger partial charge in [0.05, 0.1) is 6.04 Å². The Balaban J connectivity index is 2.32. The van der Waals surface area contributed by atoms with Crippen LogP contribution in [-0.4, -0.2) is 68.1 Å². The lowest BCUT2D eigenvalue weighted by molar-refractivity contribution is -0.128. The van der Waals surface area contributed by atoms with E-state index in [9.17, 15) is 4.79 Å². The first-order valence-electron chi connectivity index (χ1n) is 6.17. The molecule has 0 spiro atoms. The number of rotatable bonds is 6. The number of carbonyl (C=O) groups is 1. The van der Waals surface area contributed by atoms with E-state index in [1.807, 2.05) is 6.92 Å². The summed E-state index contributed by atoms with van der Waals surface area (Å²) in [5, 5.41) is 0. The quantitative estimate of drug-likeness (QED) is 0.667. The zero-order chi connectivity index (χ0) is 12.0. The lowest BCUT2D eigenvalue weighted by atomic mass is 10.1. The third-order valence-corrected chi connectivity index (χ3v) is 3.25. The molecule has 1 saturated heterocycles. The molecule has 1 unspecified atom stereocenters. The van der Waals surface area contributed by atoms with Crippen molar-refractivity contribution in [1.82, 2.24) is 9.80 Å². The summed E-state index contributed by atoms with van der Waals surface area (Å²) in [5.74, 6) is 0.187. The molecule has 0 aliphatic carbocycles. The minimum atomic E-state index is 0.00345. The first kappa shape index (κ1) is 13.6. The highest BCUT2D eigenvalue weighted by molar-refractivity contribution is 5.84. The second-order valence-corrected chi connectivity index (χ2v) is 4.45. The average molecular weight is 228 g/mol. The van der Waals surface area contributed by atoms with Crippen molar-refractivity contribution in [2.75, 3.05) is 46.4 Å². The lowest BCUT2D eigenvalue weighted by Gasteiger charge is -2.37. The van der Waals surface area contributed by atoms with Gasteiger partial charge in [-0.25, -0.2) is 0 Å². The highest BCUT2D eigenvalue weighted by Crippen LogP contribution is 2.07. The van der Waals surface area contributed by atoms with Gasteiger partial charge in [-0.2, -0.15) is 0 Å². The predicted molar refractivity (Wildman–Crippen MR) is 64.6 cm³/mol. The second kappa shape index (κ2) is 6.99. The Hall–Kier alpha value is -0.450. The number of nitrogens with zero attached hydrogens (tertiary/aromatic N) is 2. The van der Waals surface area contributed by atoms with Gasteiger partial charge in [-0.15, -0.1) is 0 Å². The van der Waals surface area contributed by atoms with Crippen LogP contribution in [-0.2, 0) is 9.53 Å². The van der Waals surface area contributed by atoms with Gasteiger partial charge in [0.25, 0.3) is 0 Å². The third kappa shape index (κ3) is 3.85. The van der Waals surface area contributed by atoms with E-state index < -0.39 is 0 Å². The number of ketones is 1. The highest BCUT2D eigenvalue weighted by atomic mass is 16.5. The van der Waals surface area contributed by atoms with E-state index in [1.165, 1.54) is 13.0 Å². The summed E-state index contributed by atoms with van der Waals surface area (Å²) in [6, 6.07) is 0.00345. The number of ether oxygens (including phenoxy) is 1. The van der Waals surface area contributed by atoms with Crippen LogP contribution in [0.4, 0.5) is 0 Å². The van der Waals surface area contributed by atoms with Crippen LogP contribution in [0.15, 0.2) is 0 Å². The van der Waals surface area contributed by atoms with E-state index in [0.717, 1.165) is 26.2 Å². The van der Waals surface area contributed by atoms with Gasteiger partial charge in [-0.3, -0.25) is 9.69 Å². The maximum atomic E-state index is 11.7. The largest absolute Gasteiger partial charge is 0.377 e. The van der Waals surface area contributed by atoms with Crippen LogP contribution in [0.1, 0.15) is 20.3 Å². The Morgan fingerprint density at radius 2 is 1.94 bits per heavy atom. The van der Waals surface area contributed by atoms with Crippen molar-refractivity contribution in [2.45, 2.75) is 26.3 Å². The van der Waals surface area contributed by atoms with Crippen LogP contribution >= 0.6 is 0 Å². The summed E-state index contributed by atoms with van der Waals surface area (Å²) in [4.78, 5) is 16.4. The van der Waals surface area contributed by atoms with E-state index in [2.05, 4.69) is 16.7 Å². The molecule has 1 rings (SSSR count). The maximum absolute atomic E-state index is 11.7. The number of hydrogen-bond acceptors (Lipinski definition) is 4. The third-order valence-electron chi connectivity index (χ3n) is 3.25. The molecule has 0 amide bonds. The molecule has 4 heteroatoms. The van der Waals surface area contributed by atoms with Crippen molar-refractivity contribution < 1.29 is 9.53 Å². The van der Waals surface area contributed by atoms with E-state index >= 15 is 0 Å². The molecule has 4 nitrogen and oxygen atoms in total. The Bertz CT molecular complexity index is 213. The zero-order valence-corrected chi connectivity index (χ0v) is 10.7. The van der Waals surface area contributed by atoms with Crippen molar-refractivity contribution >= 4 is 5.78 Å². The van der Waals surface area contributed by atoms with Gasteiger partial charge >= 0.3 is 0 Å². The molecule has 0 aromatic heterocycles. The van der Waals surface area contributed by atoms with Crippen LogP contribution in [0, 0.1) is 0 Å². The summed E-state index contributed by atoms with van der Waals surface area (Å²) in [7, 11) is 1.57.